The Labute approximate surface area is 123 Å². The largest absolute Gasteiger partial charge is 0.632 e. The van der Waals surface area contributed by atoms with Gasteiger partial charge in [0.1, 0.15) is 11.1 Å². The van der Waals surface area contributed by atoms with Crippen LogP contribution in [0.15, 0.2) is 18.2 Å². The van der Waals surface area contributed by atoms with Crippen molar-refractivity contribution in [2.24, 2.45) is 0 Å². The molecular formula is C15H21N4O2. The first kappa shape index (κ1) is 14.5. The maximum atomic E-state index is 12.7. The standard InChI is InChI=1S/C15H21N4O2/c1-9-7-6-8-10-11(9)17-12(16-10)13-18(20)14(2,3)15(4,5)19(13)21/h6-8,13,18H,1-5H3,(H,16,17). The first-order valence-corrected chi connectivity index (χ1v) is 7.14. The molecule has 1 aromatic carbocycles. The van der Waals surface area contributed by atoms with Crippen molar-refractivity contribution in [1.82, 2.24) is 15.0 Å². The van der Waals surface area contributed by atoms with Gasteiger partial charge in [0, 0.05) is 0 Å². The van der Waals surface area contributed by atoms with Crippen molar-refractivity contribution in [3.8, 4) is 0 Å². The number of nitrogens with one attached hydrogen (secondary N) is 2. The molecule has 0 bridgehead atoms. The molecule has 6 heteroatoms. The number of benzene rings is 1. The fraction of sp³-hybridized carbons (Fsp3) is 0.533. The third-order valence-corrected chi connectivity index (χ3v) is 5.17. The molecule has 3 rings (SSSR count). The predicted molar refractivity (Wildman–Crippen MR) is 78.6 cm³/mol. The normalized spacial score (nSPS) is 28.3. The Balaban J connectivity index is 2.13. The average Bonchev–Trinajstić information content (AvgIpc) is 2.87. The fourth-order valence-electron chi connectivity index (χ4n) is 2.91. The molecule has 1 saturated heterocycles. The van der Waals surface area contributed by atoms with Gasteiger partial charge in [0.2, 0.25) is 6.17 Å². The highest BCUT2D eigenvalue weighted by atomic mass is 16.6. The van der Waals surface area contributed by atoms with Crippen molar-refractivity contribution < 1.29 is 10.3 Å². The van der Waals surface area contributed by atoms with Crippen molar-refractivity contribution >= 4 is 11.0 Å². The third kappa shape index (κ3) is 1.77. The second kappa shape index (κ2) is 4.27. The van der Waals surface area contributed by atoms with Crippen LogP contribution in [0.3, 0.4) is 0 Å². The summed E-state index contributed by atoms with van der Waals surface area (Å²) < 4.78 is 0. The molecule has 2 heterocycles. The number of aryl methyl sites for hydroxylation is 1. The van der Waals surface area contributed by atoms with E-state index in [1.165, 1.54) is 0 Å². The summed E-state index contributed by atoms with van der Waals surface area (Å²) in [6.07, 6.45) is -0.859. The molecule has 21 heavy (non-hydrogen) atoms. The van der Waals surface area contributed by atoms with Crippen LogP contribution in [0.5, 0.6) is 0 Å². The molecule has 1 aliphatic heterocycles. The summed E-state index contributed by atoms with van der Waals surface area (Å²) in [7, 11) is 0. The Hall–Kier alpha value is -1.47. The number of hydroxylamine groups is 4. The maximum absolute atomic E-state index is 12.7. The molecule has 2 aromatic rings. The van der Waals surface area contributed by atoms with Gasteiger partial charge in [-0.3, -0.25) is 0 Å². The lowest BCUT2D eigenvalue weighted by Crippen LogP contribution is -3.14. The van der Waals surface area contributed by atoms with Crippen molar-refractivity contribution in [1.29, 1.82) is 0 Å². The summed E-state index contributed by atoms with van der Waals surface area (Å²) in [6.45, 7) is 9.24. The van der Waals surface area contributed by atoms with Crippen molar-refractivity contribution in [3.63, 3.8) is 0 Å². The second-order valence-corrected chi connectivity index (χ2v) is 6.87. The first-order chi connectivity index (χ1) is 9.68. The van der Waals surface area contributed by atoms with E-state index in [9.17, 15) is 10.4 Å². The molecular weight excluding hydrogens is 268 g/mol. The minimum atomic E-state index is -0.859. The smallest absolute Gasteiger partial charge is 0.228 e. The number of imidazole rings is 1. The SMILES string of the molecule is Cc1cccc2[nH]c(C3N([O])C(C)(C)C(C)(C)[NH+]3[O-])nc12. The third-order valence-electron chi connectivity index (χ3n) is 5.17. The van der Waals surface area contributed by atoms with E-state index in [2.05, 4.69) is 9.97 Å². The Morgan fingerprint density at radius 2 is 2.00 bits per heavy atom. The molecule has 1 fully saturated rings. The summed E-state index contributed by atoms with van der Waals surface area (Å²) in [6, 6.07) is 5.80. The van der Waals surface area contributed by atoms with Crippen LogP contribution >= 0.6 is 0 Å². The van der Waals surface area contributed by atoms with Gasteiger partial charge in [-0.2, -0.15) is 0 Å². The lowest BCUT2D eigenvalue weighted by molar-refractivity contribution is -0.927. The number of aromatic nitrogens is 2. The Morgan fingerprint density at radius 1 is 1.33 bits per heavy atom. The molecule has 0 aliphatic carbocycles. The van der Waals surface area contributed by atoms with E-state index in [0.29, 0.717) is 5.82 Å². The van der Waals surface area contributed by atoms with Crippen molar-refractivity contribution in [2.75, 3.05) is 0 Å². The molecule has 6 nitrogen and oxygen atoms in total. The van der Waals surface area contributed by atoms with Gasteiger partial charge in [0.05, 0.1) is 11.0 Å². The molecule has 1 aromatic heterocycles. The topological polar surface area (TPSA) is 79.3 Å². The Bertz CT molecular complexity index is 672. The number of rotatable bonds is 1. The van der Waals surface area contributed by atoms with E-state index in [4.69, 9.17) is 0 Å². The van der Waals surface area contributed by atoms with Gasteiger partial charge in [-0.15, -0.1) is 5.21 Å². The highest BCUT2D eigenvalue weighted by molar-refractivity contribution is 5.78. The van der Waals surface area contributed by atoms with Crippen LogP contribution in [-0.4, -0.2) is 26.1 Å². The number of nitrogens with zero attached hydrogens (tertiary/aromatic N) is 2. The summed E-state index contributed by atoms with van der Waals surface area (Å²) >= 11 is 0. The molecule has 2 unspecified atom stereocenters. The maximum Gasteiger partial charge on any atom is 0.228 e. The quantitative estimate of drug-likeness (QED) is 0.780. The Kier molecular flexibility index (Phi) is 2.94. The number of quaternary nitrogens is 1. The Morgan fingerprint density at radius 3 is 2.52 bits per heavy atom. The summed E-state index contributed by atoms with van der Waals surface area (Å²) in [5.41, 5.74) is 1.22. The zero-order chi connectivity index (χ0) is 15.6. The number of aromatic amines is 1. The lowest BCUT2D eigenvalue weighted by Gasteiger charge is -2.38. The number of hydrogen-bond donors (Lipinski definition) is 2. The van der Waals surface area contributed by atoms with Crippen LogP contribution in [0.1, 0.15) is 45.2 Å². The highest BCUT2D eigenvalue weighted by Gasteiger charge is 2.61. The fourth-order valence-corrected chi connectivity index (χ4v) is 2.91. The number of para-hydroxylation sites is 1. The van der Waals surface area contributed by atoms with E-state index in [1.807, 2.05) is 52.8 Å². The summed E-state index contributed by atoms with van der Waals surface area (Å²) in [4.78, 5) is 7.65. The second-order valence-electron chi connectivity index (χ2n) is 6.87. The van der Waals surface area contributed by atoms with Gasteiger partial charge in [0.25, 0.3) is 0 Å². The van der Waals surface area contributed by atoms with E-state index in [-0.39, 0.29) is 5.06 Å². The zero-order valence-electron chi connectivity index (χ0n) is 13.0. The van der Waals surface area contributed by atoms with Crippen LogP contribution in [0.2, 0.25) is 0 Å². The van der Waals surface area contributed by atoms with Crippen LogP contribution < -0.4 is 5.06 Å². The molecule has 113 valence electrons. The van der Waals surface area contributed by atoms with Crippen molar-refractivity contribution in [3.05, 3.63) is 34.8 Å². The first-order valence-electron chi connectivity index (χ1n) is 7.14. The highest BCUT2D eigenvalue weighted by Crippen LogP contribution is 2.36. The van der Waals surface area contributed by atoms with Crippen LogP contribution in [0.25, 0.3) is 11.0 Å². The lowest BCUT2D eigenvalue weighted by atomic mass is 9.84. The van der Waals surface area contributed by atoms with Gasteiger partial charge in [-0.25, -0.2) is 4.98 Å². The molecule has 2 atom stereocenters. The van der Waals surface area contributed by atoms with Gasteiger partial charge in [-0.1, -0.05) is 17.2 Å². The number of H-pyrrole nitrogens is 1. The summed E-state index contributed by atoms with van der Waals surface area (Å²) in [5, 5.41) is 26.2. The van der Waals surface area contributed by atoms with Crippen molar-refractivity contribution in [2.45, 2.75) is 51.9 Å². The monoisotopic (exact) mass is 289 g/mol. The summed E-state index contributed by atoms with van der Waals surface area (Å²) in [5.74, 6) is 0.443. The van der Waals surface area contributed by atoms with Crippen LogP contribution in [0, 0.1) is 12.1 Å². The minimum Gasteiger partial charge on any atom is -0.632 e. The van der Waals surface area contributed by atoms with Gasteiger partial charge < -0.3 is 15.3 Å². The van der Waals surface area contributed by atoms with Gasteiger partial charge in [0.15, 0.2) is 5.82 Å². The van der Waals surface area contributed by atoms with Gasteiger partial charge >= 0.3 is 0 Å². The minimum absolute atomic E-state index is 0.0841. The predicted octanol–water partition coefficient (Wildman–Crippen LogP) is 1.47. The van der Waals surface area contributed by atoms with E-state index < -0.39 is 17.2 Å². The number of hydrogen-bond acceptors (Lipinski definition) is 3. The molecule has 0 amide bonds. The average molecular weight is 289 g/mol. The van der Waals surface area contributed by atoms with E-state index in [0.717, 1.165) is 21.7 Å². The van der Waals surface area contributed by atoms with Crippen LogP contribution in [-0.2, 0) is 5.21 Å². The molecule has 1 radical (unpaired) electrons. The van der Waals surface area contributed by atoms with Gasteiger partial charge in [-0.05, 0) is 46.2 Å². The molecule has 0 spiro atoms. The van der Waals surface area contributed by atoms with E-state index >= 15 is 0 Å². The number of fused-ring (bicyclic) bond motifs is 1. The molecule has 0 saturated carbocycles. The molecule has 2 N–H and O–H groups in total. The van der Waals surface area contributed by atoms with E-state index in [1.54, 1.807) is 0 Å². The van der Waals surface area contributed by atoms with Crippen LogP contribution in [0.4, 0.5) is 0 Å². The zero-order valence-corrected chi connectivity index (χ0v) is 13.0. The molecule has 1 aliphatic rings.